The van der Waals surface area contributed by atoms with Crippen molar-refractivity contribution in [3.63, 3.8) is 0 Å². The Bertz CT molecular complexity index is 335. The highest BCUT2D eigenvalue weighted by Crippen LogP contribution is 2.30. The van der Waals surface area contributed by atoms with Crippen LogP contribution in [0.15, 0.2) is 18.2 Å². The second-order valence-electron chi connectivity index (χ2n) is 3.97. The Morgan fingerprint density at radius 2 is 2.21 bits per heavy atom. The van der Waals surface area contributed by atoms with Crippen LogP contribution >= 0.6 is 0 Å². The molecule has 1 aliphatic rings. The molecule has 0 aromatic heterocycles. The summed E-state index contributed by atoms with van der Waals surface area (Å²) in [6, 6.07) is 6.94. The molecule has 0 radical (unpaired) electrons. The predicted octanol–water partition coefficient (Wildman–Crippen LogP) is 2.24. The highest BCUT2D eigenvalue weighted by atomic mass is 16.5. The molecule has 2 nitrogen and oxygen atoms in total. The first-order valence-corrected chi connectivity index (χ1v) is 5.09. The van der Waals surface area contributed by atoms with Crippen LogP contribution in [0, 0.1) is 0 Å². The van der Waals surface area contributed by atoms with Gasteiger partial charge in [-0.2, -0.15) is 0 Å². The second-order valence-corrected chi connectivity index (χ2v) is 3.97. The van der Waals surface area contributed by atoms with Crippen molar-refractivity contribution >= 4 is 0 Å². The normalized spacial score (nSPS) is 21.8. The maximum Gasteiger partial charge on any atom is 0.119 e. The Balaban J connectivity index is 2.38. The number of methoxy groups -OCH3 is 1. The minimum atomic E-state index is 0.532. The van der Waals surface area contributed by atoms with E-state index >= 15 is 0 Å². The maximum absolute atomic E-state index is 5.23. The van der Waals surface area contributed by atoms with Crippen LogP contribution < -0.4 is 4.74 Å². The molecule has 2 rings (SSSR count). The molecule has 0 saturated heterocycles. The van der Waals surface area contributed by atoms with Crippen molar-refractivity contribution in [3.8, 4) is 5.75 Å². The summed E-state index contributed by atoms with van der Waals surface area (Å²) in [5, 5.41) is 0. The Labute approximate surface area is 85.5 Å². The van der Waals surface area contributed by atoms with Crippen molar-refractivity contribution < 1.29 is 4.74 Å². The van der Waals surface area contributed by atoms with Crippen LogP contribution in [0.1, 0.15) is 24.1 Å². The zero-order valence-corrected chi connectivity index (χ0v) is 9.08. The van der Waals surface area contributed by atoms with E-state index in [1.807, 2.05) is 0 Å². The molecule has 1 aromatic rings. The number of likely N-dealkylation sites (N-methyl/N-ethyl adjacent to an activating group) is 1. The minimum absolute atomic E-state index is 0.532. The highest BCUT2D eigenvalue weighted by Gasteiger charge is 2.20. The lowest BCUT2D eigenvalue weighted by Crippen LogP contribution is -2.30. The first-order valence-electron chi connectivity index (χ1n) is 5.09. The molecule has 0 fully saturated rings. The SMILES string of the molecule is COc1ccc2c(c1)CCN(C)C2C. The lowest BCUT2D eigenvalue weighted by molar-refractivity contribution is 0.247. The fourth-order valence-corrected chi connectivity index (χ4v) is 2.06. The van der Waals surface area contributed by atoms with Gasteiger partial charge in [-0.05, 0) is 43.7 Å². The molecule has 0 bridgehead atoms. The zero-order chi connectivity index (χ0) is 10.1. The minimum Gasteiger partial charge on any atom is -0.497 e. The Hall–Kier alpha value is -1.02. The fourth-order valence-electron chi connectivity index (χ4n) is 2.06. The van der Waals surface area contributed by atoms with Gasteiger partial charge in [-0.1, -0.05) is 6.07 Å². The van der Waals surface area contributed by atoms with Crippen molar-refractivity contribution in [1.29, 1.82) is 0 Å². The van der Waals surface area contributed by atoms with Crippen molar-refractivity contribution in [2.24, 2.45) is 0 Å². The van der Waals surface area contributed by atoms with E-state index in [0.717, 1.165) is 18.7 Å². The third-order valence-electron chi connectivity index (χ3n) is 3.20. The van der Waals surface area contributed by atoms with Crippen LogP contribution in [-0.4, -0.2) is 25.6 Å². The lowest BCUT2D eigenvalue weighted by Gasteiger charge is -2.32. The quantitative estimate of drug-likeness (QED) is 0.675. The van der Waals surface area contributed by atoms with Crippen LogP contribution in [0.2, 0.25) is 0 Å². The molecule has 0 aliphatic carbocycles. The summed E-state index contributed by atoms with van der Waals surface area (Å²) in [7, 11) is 3.90. The van der Waals surface area contributed by atoms with Gasteiger partial charge < -0.3 is 4.74 Å². The van der Waals surface area contributed by atoms with Gasteiger partial charge in [0.25, 0.3) is 0 Å². The Morgan fingerprint density at radius 3 is 2.93 bits per heavy atom. The van der Waals surface area contributed by atoms with E-state index in [0.29, 0.717) is 6.04 Å². The summed E-state index contributed by atoms with van der Waals surface area (Å²) in [5.41, 5.74) is 2.88. The average molecular weight is 191 g/mol. The molecule has 1 unspecified atom stereocenters. The molecule has 0 spiro atoms. The van der Waals surface area contributed by atoms with Gasteiger partial charge in [-0.15, -0.1) is 0 Å². The summed E-state index contributed by atoms with van der Waals surface area (Å²) < 4.78 is 5.23. The highest BCUT2D eigenvalue weighted by molar-refractivity contribution is 5.38. The number of hydrogen-bond acceptors (Lipinski definition) is 2. The number of benzene rings is 1. The number of ether oxygens (including phenoxy) is 1. The third-order valence-corrected chi connectivity index (χ3v) is 3.20. The maximum atomic E-state index is 5.23. The Kier molecular flexibility index (Phi) is 2.46. The molecule has 1 aliphatic heterocycles. The van der Waals surface area contributed by atoms with Crippen LogP contribution in [0.4, 0.5) is 0 Å². The van der Waals surface area contributed by atoms with E-state index in [1.54, 1.807) is 7.11 Å². The van der Waals surface area contributed by atoms with Crippen LogP contribution in [0.25, 0.3) is 0 Å². The van der Waals surface area contributed by atoms with Gasteiger partial charge in [0.1, 0.15) is 5.75 Å². The summed E-state index contributed by atoms with van der Waals surface area (Å²) in [4.78, 5) is 2.38. The van der Waals surface area contributed by atoms with Gasteiger partial charge >= 0.3 is 0 Å². The van der Waals surface area contributed by atoms with Crippen LogP contribution in [0.3, 0.4) is 0 Å². The van der Waals surface area contributed by atoms with Gasteiger partial charge in [0.05, 0.1) is 7.11 Å². The summed E-state index contributed by atoms with van der Waals surface area (Å²) >= 11 is 0. The smallest absolute Gasteiger partial charge is 0.119 e. The van der Waals surface area contributed by atoms with Gasteiger partial charge in [0, 0.05) is 12.6 Å². The zero-order valence-electron chi connectivity index (χ0n) is 9.08. The number of fused-ring (bicyclic) bond motifs is 1. The van der Waals surface area contributed by atoms with Crippen molar-refractivity contribution in [3.05, 3.63) is 29.3 Å². The molecule has 1 heterocycles. The van der Waals surface area contributed by atoms with E-state index in [-0.39, 0.29) is 0 Å². The van der Waals surface area contributed by atoms with E-state index in [1.165, 1.54) is 11.1 Å². The summed E-state index contributed by atoms with van der Waals surface area (Å²) in [5.74, 6) is 0.973. The number of hydrogen-bond donors (Lipinski definition) is 0. The fraction of sp³-hybridized carbons (Fsp3) is 0.500. The monoisotopic (exact) mass is 191 g/mol. The first kappa shape index (κ1) is 9.53. The summed E-state index contributed by atoms with van der Waals surface area (Å²) in [6.07, 6.45) is 1.13. The predicted molar refractivity (Wildman–Crippen MR) is 57.7 cm³/mol. The number of rotatable bonds is 1. The van der Waals surface area contributed by atoms with Crippen molar-refractivity contribution in [2.75, 3.05) is 20.7 Å². The second kappa shape index (κ2) is 3.62. The van der Waals surface area contributed by atoms with E-state index in [9.17, 15) is 0 Å². The van der Waals surface area contributed by atoms with Crippen LogP contribution in [-0.2, 0) is 6.42 Å². The Morgan fingerprint density at radius 1 is 1.43 bits per heavy atom. The van der Waals surface area contributed by atoms with E-state index in [2.05, 4.69) is 37.1 Å². The first-order chi connectivity index (χ1) is 6.72. The molecule has 2 heteroatoms. The molecule has 0 amide bonds. The standard InChI is InChI=1S/C12H17NO/c1-9-12-5-4-11(14-3)8-10(12)6-7-13(9)2/h4-5,8-9H,6-7H2,1-3H3. The average Bonchev–Trinajstić information content (AvgIpc) is 2.23. The van der Waals surface area contributed by atoms with Gasteiger partial charge in [0.2, 0.25) is 0 Å². The third kappa shape index (κ3) is 1.50. The topological polar surface area (TPSA) is 12.5 Å². The summed E-state index contributed by atoms with van der Waals surface area (Å²) in [6.45, 7) is 3.39. The molecule has 0 saturated carbocycles. The molecule has 1 aromatic carbocycles. The molecular weight excluding hydrogens is 174 g/mol. The molecule has 76 valence electrons. The van der Waals surface area contributed by atoms with Gasteiger partial charge in [0.15, 0.2) is 0 Å². The van der Waals surface area contributed by atoms with Crippen molar-refractivity contribution in [2.45, 2.75) is 19.4 Å². The van der Waals surface area contributed by atoms with Crippen LogP contribution in [0.5, 0.6) is 5.75 Å². The molecule has 14 heavy (non-hydrogen) atoms. The lowest BCUT2D eigenvalue weighted by atomic mass is 9.94. The van der Waals surface area contributed by atoms with Gasteiger partial charge in [-0.3, -0.25) is 4.90 Å². The molecule has 0 N–H and O–H groups in total. The largest absolute Gasteiger partial charge is 0.497 e. The molecular formula is C12H17NO. The van der Waals surface area contributed by atoms with Gasteiger partial charge in [-0.25, -0.2) is 0 Å². The molecule has 1 atom stereocenters. The van der Waals surface area contributed by atoms with E-state index < -0.39 is 0 Å². The number of nitrogens with zero attached hydrogens (tertiary/aromatic N) is 1. The van der Waals surface area contributed by atoms with E-state index in [4.69, 9.17) is 4.74 Å². The van der Waals surface area contributed by atoms with Crippen molar-refractivity contribution in [1.82, 2.24) is 4.90 Å².